The van der Waals surface area contributed by atoms with Crippen LogP contribution >= 0.6 is 11.6 Å². The molecule has 192 valence electrons. The molecule has 0 aliphatic carbocycles. The smallest absolute Gasteiger partial charge is 0.345 e. The van der Waals surface area contributed by atoms with E-state index in [1.54, 1.807) is 25.1 Å². The molecular weight excluding hydrogens is 496 g/mol. The number of esters is 1. The minimum Gasteiger partial charge on any atom is -0.477 e. The summed E-state index contributed by atoms with van der Waals surface area (Å²) in [4.78, 5) is 30.1. The van der Waals surface area contributed by atoms with Gasteiger partial charge in [0.15, 0.2) is 6.10 Å². The number of hydrogen-bond acceptors (Lipinski definition) is 8. The molecule has 4 aromatic rings. The molecule has 10 nitrogen and oxygen atoms in total. The Bertz CT molecular complexity index is 1420. The van der Waals surface area contributed by atoms with E-state index in [1.165, 1.54) is 11.7 Å². The molecule has 2 aromatic carbocycles. The molecule has 37 heavy (non-hydrogen) atoms. The van der Waals surface area contributed by atoms with E-state index in [2.05, 4.69) is 32.5 Å². The number of aromatic amines is 1. The van der Waals surface area contributed by atoms with Crippen LogP contribution in [0.4, 0.5) is 0 Å². The highest BCUT2D eigenvalue weighted by molar-refractivity contribution is 6.31. The van der Waals surface area contributed by atoms with Crippen molar-refractivity contribution in [2.45, 2.75) is 45.8 Å². The lowest BCUT2D eigenvalue weighted by Crippen LogP contribution is -2.32. The van der Waals surface area contributed by atoms with Gasteiger partial charge in [-0.1, -0.05) is 60.5 Å². The zero-order valence-electron chi connectivity index (χ0n) is 20.8. The Kier molecular flexibility index (Phi) is 8.29. The van der Waals surface area contributed by atoms with Gasteiger partial charge < -0.3 is 9.47 Å². The van der Waals surface area contributed by atoms with Crippen LogP contribution in [0, 0.1) is 6.92 Å². The molecule has 0 amide bonds. The zero-order valence-corrected chi connectivity index (χ0v) is 21.5. The maximum Gasteiger partial charge on any atom is 0.345 e. The fraction of sp³-hybridized carbons (Fsp3) is 0.308. The standard InChI is InChI=1S/C26H27ClN6O4/c1-4-5-10-21-28-16(2)22(26(35)36-3)25(34)33(21)15-17-11-13-18(14-12-17)37-23(24-29-31-32-30-24)19-8-6-7-9-20(19)27/h6-9,11-14,23H,4-5,10,15H2,1-3H3,(H,29,30,31,32). The van der Waals surface area contributed by atoms with Crippen molar-refractivity contribution in [1.82, 2.24) is 30.2 Å². The maximum atomic E-state index is 13.3. The second kappa shape index (κ2) is 11.8. The summed E-state index contributed by atoms with van der Waals surface area (Å²) in [6, 6.07) is 14.6. The van der Waals surface area contributed by atoms with E-state index in [0.29, 0.717) is 40.1 Å². The summed E-state index contributed by atoms with van der Waals surface area (Å²) in [6.07, 6.45) is 1.77. The normalized spacial score (nSPS) is 11.8. The average Bonchev–Trinajstić information content (AvgIpc) is 3.44. The molecule has 0 spiro atoms. The fourth-order valence-corrected chi connectivity index (χ4v) is 4.19. The van der Waals surface area contributed by atoms with Gasteiger partial charge in [0.2, 0.25) is 5.82 Å². The lowest BCUT2D eigenvalue weighted by atomic mass is 10.1. The largest absolute Gasteiger partial charge is 0.477 e. The monoisotopic (exact) mass is 522 g/mol. The molecule has 4 rings (SSSR count). The van der Waals surface area contributed by atoms with Crippen molar-refractivity contribution in [3.63, 3.8) is 0 Å². The number of carbonyl (C=O) groups is 1. The minimum atomic E-state index is -0.693. The highest BCUT2D eigenvalue weighted by atomic mass is 35.5. The highest BCUT2D eigenvalue weighted by Crippen LogP contribution is 2.31. The molecule has 0 fully saturated rings. The van der Waals surface area contributed by atoms with Crippen LogP contribution < -0.4 is 10.3 Å². The molecule has 2 heterocycles. The van der Waals surface area contributed by atoms with Gasteiger partial charge in [0.1, 0.15) is 17.1 Å². The van der Waals surface area contributed by atoms with Crippen LogP contribution in [0.3, 0.4) is 0 Å². The summed E-state index contributed by atoms with van der Waals surface area (Å²) < 4.78 is 12.6. The Morgan fingerprint density at radius 1 is 1.16 bits per heavy atom. The van der Waals surface area contributed by atoms with Gasteiger partial charge in [-0.05, 0) is 37.1 Å². The van der Waals surface area contributed by atoms with Crippen LogP contribution in [-0.4, -0.2) is 43.3 Å². The number of rotatable bonds is 10. The van der Waals surface area contributed by atoms with Gasteiger partial charge in [-0.25, -0.2) is 9.78 Å². The fourth-order valence-electron chi connectivity index (χ4n) is 3.96. The van der Waals surface area contributed by atoms with Gasteiger partial charge in [0.05, 0.1) is 19.3 Å². The third-order valence-corrected chi connectivity index (χ3v) is 6.22. The number of tetrazole rings is 1. The summed E-state index contributed by atoms with van der Waals surface area (Å²) in [6.45, 7) is 3.97. The number of methoxy groups -OCH3 is 1. The molecule has 11 heteroatoms. The van der Waals surface area contributed by atoms with Crippen molar-refractivity contribution < 1.29 is 14.3 Å². The summed E-state index contributed by atoms with van der Waals surface area (Å²) in [5.41, 5.74) is 1.44. The van der Waals surface area contributed by atoms with Crippen LogP contribution in [0.2, 0.25) is 5.02 Å². The lowest BCUT2D eigenvalue weighted by molar-refractivity contribution is 0.0596. The van der Waals surface area contributed by atoms with Gasteiger partial charge >= 0.3 is 5.97 Å². The van der Waals surface area contributed by atoms with Gasteiger partial charge in [0, 0.05) is 17.0 Å². The Balaban J connectivity index is 1.63. The quantitative estimate of drug-likeness (QED) is 0.309. The van der Waals surface area contributed by atoms with Gasteiger partial charge in [-0.15, -0.1) is 10.2 Å². The topological polar surface area (TPSA) is 125 Å². The van der Waals surface area contributed by atoms with Crippen LogP contribution in [0.1, 0.15) is 64.7 Å². The molecule has 0 bridgehead atoms. The van der Waals surface area contributed by atoms with Gasteiger partial charge in [0.25, 0.3) is 5.56 Å². The number of benzene rings is 2. The molecule has 0 aliphatic rings. The molecule has 0 aliphatic heterocycles. The summed E-state index contributed by atoms with van der Waals surface area (Å²) in [5, 5.41) is 14.7. The molecule has 2 aromatic heterocycles. The Labute approximate surface area is 218 Å². The summed E-state index contributed by atoms with van der Waals surface area (Å²) >= 11 is 6.40. The Morgan fingerprint density at radius 2 is 1.92 bits per heavy atom. The second-order valence-electron chi connectivity index (χ2n) is 8.41. The number of halogens is 1. The molecule has 1 unspecified atom stereocenters. The molecule has 1 N–H and O–H groups in total. The van der Waals surface area contributed by atoms with Crippen molar-refractivity contribution in [2.24, 2.45) is 0 Å². The van der Waals surface area contributed by atoms with Crippen LogP contribution in [0.5, 0.6) is 5.75 Å². The Morgan fingerprint density at radius 3 is 2.57 bits per heavy atom. The third-order valence-electron chi connectivity index (χ3n) is 5.87. The molecular formula is C26H27ClN6O4. The number of aromatic nitrogens is 6. The number of aryl methyl sites for hydroxylation is 2. The van der Waals surface area contributed by atoms with Crippen LogP contribution in [0.25, 0.3) is 0 Å². The lowest BCUT2D eigenvalue weighted by Gasteiger charge is -2.18. The summed E-state index contributed by atoms with van der Waals surface area (Å²) in [7, 11) is 1.25. The Hall–Kier alpha value is -4.05. The van der Waals surface area contributed by atoms with Crippen molar-refractivity contribution in [3.8, 4) is 5.75 Å². The first-order valence-corrected chi connectivity index (χ1v) is 12.2. The number of nitrogens with zero attached hydrogens (tertiary/aromatic N) is 5. The molecule has 0 saturated heterocycles. The first-order valence-electron chi connectivity index (χ1n) is 11.8. The van der Waals surface area contributed by atoms with E-state index < -0.39 is 17.6 Å². The molecule has 0 radical (unpaired) electrons. The van der Waals surface area contributed by atoms with E-state index in [4.69, 9.17) is 21.1 Å². The van der Waals surface area contributed by atoms with Crippen molar-refractivity contribution in [3.05, 3.63) is 97.9 Å². The van der Waals surface area contributed by atoms with E-state index >= 15 is 0 Å². The predicted molar refractivity (Wildman–Crippen MR) is 137 cm³/mol. The van der Waals surface area contributed by atoms with Crippen molar-refractivity contribution >= 4 is 17.6 Å². The van der Waals surface area contributed by atoms with Crippen LogP contribution in [0.15, 0.2) is 53.3 Å². The highest BCUT2D eigenvalue weighted by Gasteiger charge is 2.24. The number of H-pyrrole nitrogens is 1. The molecule has 1 atom stereocenters. The van der Waals surface area contributed by atoms with E-state index in [0.717, 1.165) is 18.4 Å². The number of carbonyl (C=O) groups excluding carboxylic acids is 1. The average molecular weight is 523 g/mol. The van der Waals surface area contributed by atoms with E-state index in [9.17, 15) is 9.59 Å². The van der Waals surface area contributed by atoms with Crippen LogP contribution in [-0.2, 0) is 17.7 Å². The number of unbranched alkanes of at least 4 members (excludes halogenated alkanes) is 1. The van der Waals surface area contributed by atoms with E-state index in [-0.39, 0.29) is 12.1 Å². The molecule has 0 saturated carbocycles. The minimum absolute atomic E-state index is 0.0506. The number of nitrogens with one attached hydrogen (secondary N) is 1. The first-order chi connectivity index (χ1) is 17.9. The summed E-state index contributed by atoms with van der Waals surface area (Å²) in [5.74, 6) is 0.828. The third kappa shape index (κ3) is 5.86. The second-order valence-corrected chi connectivity index (χ2v) is 8.82. The predicted octanol–water partition coefficient (Wildman–Crippen LogP) is 4.06. The first kappa shape index (κ1) is 26.0. The van der Waals surface area contributed by atoms with Gasteiger partial charge in [-0.2, -0.15) is 5.21 Å². The maximum absolute atomic E-state index is 13.3. The van der Waals surface area contributed by atoms with Crippen molar-refractivity contribution in [2.75, 3.05) is 7.11 Å². The van der Waals surface area contributed by atoms with Gasteiger partial charge in [-0.3, -0.25) is 9.36 Å². The van der Waals surface area contributed by atoms with E-state index in [1.807, 2.05) is 30.3 Å². The van der Waals surface area contributed by atoms with Crippen molar-refractivity contribution in [1.29, 1.82) is 0 Å². The number of hydrogen-bond donors (Lipinski definition) is 1. The zero-order chi connectivity index (χ0) is 26.4. The number of ether oxygens (including phenoxy) is 2. The SMILES string of the molecule is CCCCc1nc(C)c(C(=O)OC)c(=O)n1Cc1ccc(OC(c2nn[nH]n2)c2ccccc2Cl)cc1.